The van der Waals surface area contributed by atoms with Crippen LogP contribution in [-0.2, 0) is 13.1 Å². The first kappa shape index (κ1) is 13.8. The van der Waals surface area contributed by atoms with E-state index in [9.17, 15) is 0 Å². The third kappa shape index (κ3) is 3.44. The van der Waals surface area contributed by atoms with Crippen LogP contribution in [0.2, 0.25) is 0 Å². The molecule has 1 aromatic heterocycles. The minimum absolute atomic E-state index is 0.341. The normalized spacial score (nSPS) is 12.6. The van der Waals surface area contributed by atoms with Crippen LogP contribution >= 0.6 is 0 Å². The molecule has 0 spiro atoms. The summed E-state index contributed by atoms with van der Waals surface area (Å²) in [6, 6.07) is 8.86. The first-order chi connectivity index (χ1) is 9.22. The lowest BCUT2D eigenvalue weighted by molar-refractivity contribution is 0.530. The van der Waals surface area contributed by atoms with Gasteiger partial charge in [-0.2, -0.15) is 0 Å². The Balaban J connectivity index is 1.98. The average molecular weight is 257 g/mol. The van der Waals surface area contributed by atoms with Gasteiger partial charge in [0.1, 0.15) is 5.82 Å². The Labute approximate surface area is 115 Å². The van der Waals surface area contributed by atoms with E-state index in [4.69, 9.17) is 0 Å². The zero-order valence-corrected chi connectivity index (χ0v) is 12.1. The van der Waals surface area contributed by atoms with Gasteiger partial charge in [-0.15, -0.1) is 0 Å². The minimum atomic E-state index is 0.341. The Morgan fingerprint density at radius 2 is 2.11 bits per heavy atom. The van der Waals surface area contributed by atoms with Crippen molar-refractivity contribution in [3.8, 4) is 0 Å². The standard InChI is InChI=1S/C16H23N3/c1-4-10-19-11-9-17-16(19)12-18-14(3)15-8-6-5-7-13(15)2/h5-9,11,14,18H,4,10,12H2,1-3H3/t14-/m1/s1. The van der Waals surface area contributed by atoms with Gasteiger partial charge in [0, 0.05) is 25.0 Å². The molecule has 0 saturated carbocycles. The molecule has 0 radical (unpaired) electrons. The molecule has 1 aromatic carbocycles. The number of aromatic nitrogens is 2. The van der Waals surface area contributed by atoms with Gasteiger partial charge in [-0.05, 0) is 31.4 Å². The summed E-state index contributed by atoms with van der Waals surface area (Å²) in [5, 5.41) is 3.56. The lowest BCUT2D eigenvalue weighted by Crippen LogP contribution is -2.21. The van der Waals surface area contributed by atoms with Gasteiger partial charge in [0.25, 0.3) is 0 Å². The van der Waals surface area contributed by atoms with Crippen LogP contribution in [0.3, 0.4) is 0 Å². The summed E-state index contributed by atoms with van der Waals surface area (Å²) in [6.07, 6.45) is 5.07. The van der Waals surface area contributed by atoms with Gasteiger partial charge in [-0.1, -0.05) is 31.2 Å². The van der Waals surface area contributed by atoms with Crippen LogP contribution in [0.1, 0.15) is 43.3 Å². The van der Waals surface area contributed by atoms with Crippen LogP contribution in [0.25, 0.3) is 0 Å². The van der Waals surface area contributed by atoms with Crippen LogP contribution in [0.4, 0.5) is 0 Å². The molecule has 0 aliphatic rings. The zero-order chi connectivity index (χ0) is 13.7. The van der Waals surface area contributed by atoms with Crippen LogP contribution < -0.4 is 5.32 Å². The number of imidazole rings is 1. The SMILES string of the molecule is CCCn1ccnc1CN[C@H](C)c1ccccc1C. The maximum Gasteiger partial charge on any atom is 0.122 e. The Bertz CT molecular complexity index is 516. The highest BCUT2D eigenvalue weighted by atomic mass is 15.1. The molecular weight excluding hydrogens is 234 g/mol. The second kappa shape index (κ2) is 6.53. The van der Waals surface area contributed by atoms with Crippen molar-refractivity contribution in [1.29, 1.82) is 0 Å². The van der Waals surface area contributed by atoms with Crippen molar-refractivity contribution in [2.24, 2.45) is 0 Å². The van der Waals surface area contributed by atoms with E-state index in [0.29, 0.717) is 6.04 Å². The predicted molar refractivity (Wildman–Crippen MR) is 79.0 cm³/mol. The van der Waals surface area contributed by atoms with Gasteiger partial charge in [0.2, 0.25) is 0 Å². The summed E-state index contributed by atoms with van der Waals surface area (Å²) in [4.78, 5) is 4.42. The number of nitrogens with zero attached hydrogens (tertiary/aromatic N) is 2. The maximum absolute atomic E-state index is 4.42. The number of nitrogens with one attached hydrogen (secondary N) is 1. The van der Waals surface area contributed by atoms with E-state index in [1.54, 1.807) is 0 Å². The summed E-state index contributed by atoms with van der Waals surface area (Å²) >= 11 is 0. The molecule has 2 rings (SSSR count). The van der Waals surface area contributed by atoms with E-state index in [2.05, 4.69) is 66.1 Å². The van der Waals surface area contributed by atoms with Crippen molar-refractivity contribution in [2.45, 2.75) is 46.3 Å². The molecule has 0 aliphatic carbocycles. The highest BCUT2D eigenvalue weighted by Crippen LogP contribution is 2.17. The lowest BCUT2D eigenvalue weighted by atomic mass is 10.0. The van der Waals surface area contributed by atoms with E-state index in [1.807, 2.05) is 6.20 Å². The predicted octanol–water partition coefficient (Wildman–Crippen LogP) is 3.45. The third-order valence-electron chi connectivity index (χ3n) is 3.49. The van der Waals surface area contributed by atoms with Crippen LogP contribution in [0, 0.1) is 6.92 Å². The van der Waals surface area contributed by atoms with Crippen LogP contribution in [0.15, 0.2) is 36.7 Å². The third-order valence-corrected chi connectivity index (χ3v) is 3.49. The number of aryl methyl sites for hydroxylation is 2. The molecule has 0 aliphatic heterocycles. The van der Waals surface area contributed by atoms with Gasteiger partial charge in [0.05, 0.1) is 6.54 Å². The highest BCUT2D eigenvalue weighted by molar-refractivity contribution is 5.28. The van der Waals surface area contributed by atoms with Gasteiger partial charge >= 0.3 is 0 Å². The topological polar surface area (TPSA) is 29.9 Å². The Hall–Kier alpha value is -1.61. The smallest absolute Gasteiger partial charge is 0.122 e. The number of hydrogen-bond acceptors (Lipinski definition) is 2. The Morgan fingerprint density at radius 3 is 2.84 bits per heavy atom. The second-order valence-corrected chi connectivity index (χ2v) is 5.00. The first-order valence-corrected chi connectivity index (χ1v) is 7.01. The van der Waals surface area contributed by atoms with Crippen LogP contribution in [0.5, 0.6) is 0 Å². The Kier molecular flexibility index (Phi) is 4.74. The second-order valence-electron chi connectivity index (χ2n) is 5.00. The molecule has 3 nitrogen and oxygen atoms in total. The molecule has 19 heavy (non-hydrogen) atoms. The number of rotatable bonds is 6. The molecule has 2 aromatic rings. The summed E-state index contributed by atoms with van der Waals surface area (Å²) < 4.78 is 2.22. The molecule has 0 fully saturated rings. The number of hydrogen-bond donors (Lipinski definition) is 1. The quantitative estimate of drug-likeness (QED) is 0.859. The van der Waals surface area contributed by atoms with Crippen molar-refractivity contribution in [3.63, 3.8) is 0 Å². The van der Waals surface area contributed by atoms with Gasteiger partial charge < -0.3 is 9.88 Å². The van der Waals surface area contributed by atoms with Crippen molar-refractivity contribution >= 4 is 0 Å². The van der Waals surface area contributed by atoms with E-state index < -0.39 is 0 Å². The van der Waals surface area contributed by atoms with Crippen molar-refractivity contribution in [3.05, 3.63) is 53.6 Å². The number of benzene rings is 1. The molecule has 0 amide bonds. The fraction of sp³-hybridized carbons (Fsp3) is 0.438. The summed E-state index contributed by atoms with van der Waals surface area (Å²) in [6.45, 7) is 8.40. The van der Waals surface area contributed by atoms with E-state index in [1.165, 1.54) is 11.1 Å². The Morgan fingerprint density at radius 1 is 1.32 bits per heavy atom. The van der Waals surface area contributed by atoms with E-state index in [0.717, 1.165) is 25.3 Å². The van der Waals surface area contributed by atoms with Gasteiger partial charge in [0.15, 0.2) is 0 Å². The monoisotopic (exact) mass is 257 g/mol. The molecule has 1 heterocycles. The van der Waals surface area contributed by atoms with Crippen molar-refractivity contribution < 1.29 is 0 Å². The highest BCUT2D eigenvalue weighted by Gasteiger charge is 2.09. The summed E-state index contributed by atoms with van der Waals surface area (Å²) in [5.41, 5.74) is 2.69. The lowest BCUT2D eigenvalue weighted by Gasteiger charge is -2.16. The summed E-state index contributed by atoms with van der Waals surface area (Å²) in [5.74, 6) is 1.11. The molecule has 0 bridgehead atoms. The molecular formula is C16H23N3. The summed E-state index contributed by atoms with van der Waals surface area (Å²) in [7, 11) is 0. The van der Waals surface area contributed by atoms with Crippen molar-refractivity contribution in [2.75, 3.05) is 0 Å². The van der Waals surface area contributed by atoms with E-state index in [-0.39, 0.29) is 0 Å². The molecule has 0 unspecified atom stereocenters. The van der Waals surface area contributed by atoms with Gasteiger partial charge in [-0.25, -0.2) is 4.98 Å². The fourth-order valence-electron chi connectivity index (χ4n) is 2.38. The maximum atomic E-state index is 4.42. The average Bonchev–Trinajstić information content (AvgIpc) is 2.84. The van der Waals surface area contributed by atoms with Gasteiger partial charge in [-0.3, -0.25) is 0 Å². The van der Waals surface area contributed by atoms with E-state index >= 15 is 0 Å². The first-order valence-electron chi connectivity index (χ1n) is 7.01. The minimum Gasteiger partial charge on any atom is -0.334 e. The fourth-order valence-corrected chi connectivity index (χ4v) is 2.38. The molecule has 102 valence electrons. The zero-order valence-electron chi connectivity index (χ0n) is 12.1. The largest absolute Gasteiger partial charge is 0.334 e. The molecule has 0 saturated heterocycles. The molecule has 1 atom stereocenters. The van der Waals surface area contributed by atoms with Crippen LogP contribution in [-0.4, -0.2) is 9.55 Å². The van der Waals surface area contributed by atoms with Crippen molar-refractivity contribution in [1.82, 2.24) is 14.9 Å². The molecule has 1 N–H and O–H groups in total. The molecule has 3 heteroatoms.